The van der Waals surface area contributed by atoms with E-state index < -0.39 is 5.82 Å². The molecule has 0 N–H and O–H groups in total. The molecule has 1 aromatic carbocycles. The number of aromatic nitrogens is 1. The summed E-state index contributed by atoms with van der Waals surface area (Å²) in [7, 11) is 0. The first-order valence-electron chi connectivity index (χ1n) is 7.22. The molecule has 0 saturated carbocycles. The zero-order valence-electron chi connectivity index (χ0n) is 12.8. The fraction of sp³-hybridized carbons (Fsp3) is 0.353. The van der Waals surface area contributed by atoms with Crippen molar-refractivity contribution in [2.75, 3.05) is 0 Å². The lowest BCUT2D eigenvalue weighted by molar-refractivity contribution is 0.627. The van der Waals surface area contributed by atoms with Gasteiger partial charge in [-0.25, -0.2) is 4.39 Å². The fourth-order valence-electron chi connectivity index (χ4n) is 2.58. The SMILES string of the molecule is CCn1c(-c2ccc(F)cc2Cl)c(CC(C)C)cc(Cl)c1=O. The van der Waals surface area contributed by atoms with Crippen LogP contribution in [0.15, 0.2) is 29.1 Å². The quantitative estimate of drug-likeness (QED) is 0.750. The molecule has 0 unspecified atom stereocenters. The second-order valence-electron chi connectivity index (χ2n) is 5.64. The van der Waals surface area contributed by atoms with E-state index in [1.165, 1.54) is 12.1 Å². The maximum atomic E-state index is 13.3. The van der Waals surface area contributed by atoms with Gasteiger partial charge in [0.15, 0.2) is 0 Å². The van der Waals surface area contributed by atoms with Gasteiger partial charge < -0.3 is 4.57 Å². The van der Waals surface area contributed by atoms with E-state index in [1.807, 2.05) is 6.92 Å². The minimum Gasteiger partial charge on any atom is -0.307 e. The number of hydrogen-bond acceptors (Lipinski definition) is 1. The average molecular weight is 342 g/mol. The van der Waals surface area contributed by atoms with Crippen molar-refractivity contribution < 1.29 is 4.39 Å². The van der Waals surface area contributed by atoms with Gasteiger partial charge in [0.1, 0.15) is 10.8 Å². The van der Waals surface area contributed by atoms with Crippen molar-refractivity contribution in [2.45, 2.75) is 33.7 Å². The van der Waals surface area contributed by atoms with Crippen LogP contribution in [0.5, 0.6) is 0 Å². The molecular formula is C17H18Cl2FNO. The van der Waals surface area contributed by atoms with Crippen LogP contribution in [-0.2, 0) is 13.0 Å². The summed E-state index contributed by atoms with van der Waals surface area (Å²) in [6, 6.07) is 5.91. The molecule has 0 aliphatic heterocycles. The number of hydrogen-bond donors (Lipinski definition) is 0. The van der Waals surface area contributed by atoms with Crippen molar-refractivity contribution in [3.63, 3.8) is 0 Å². The van der Waals surface area contributed by atoms with Crippen molar-refractivity contribution in [3.05, 3.63) is 56.0 Å². The van der Waals surface area contributed by atoms with Crippen molar-refractivity contribution in [3.8, 4) is 11.3 Å². The number of pyridine rings is 1. The van der Waals surface area contributed by atoms with Crippen LogP contribution in [0, 0.1) is 11.7 Å². The van der Waals surface area contributed by atoms with Gasteiger partial charge in [0.05, 0.1) is 10.7 Å². The van der Waals surface area contributed by atoms with E-state index in [1.54, 1.807) is 16.7 Å². The Bertz CT molecular complexity index is 753. The van der Waals surface area contributed by atoms with Crippen LogP contribution in [0.25, 0.3) is 11.3 Å². The summed E-state index contributed by atoms with van der Waals surface area (Å²) in [6.45, 7) is 6.52. The molecule has 1 heterocycles. The van der Waals surface area contributed by atoms with Gasteiger partial charge in [0, 0.05) is 12.1 Å². The van der Waals surface area contributed by atoms with Gasteiger partial charge in [-0.15, -0.1) is 0 Å². The topological polar surface area (TPSA) is 22.0 Å². The van der Waals surface area contributed by atoms with Crippen LogP contribution >= 0.6 is 23.2 Å². The van der Waals surface area contributed by atoms with Gasteiger partial charge in [0.25, 0.3) is 5.56 Å². The molecule has 0 aliphatic carbocycles. The van der Waals surface area contributed by atoms with Crippen LogP contribution in [-0.4, -0.2) is 4.57 Å². The molecule has 0 bridgehead atoms. The second kappa shape index (κ2) is 6.84. The minimum atomic E-state index is -0.404. The fourth-order valence-corrected chi connectivity index (χ4v) is 3.07. The molecule has 0 radical (unpaired) electrons. The van der Waals surface area contributed by atoms with Gasteiger partial charge in [-0.05, 0) is 49.1 Å². The molecule has 0 saturated heterocycles. The first-order chi connectivity index (χ1) is 10.3. The monoisotopic (exact) mass is 341 g/mol. The van der Waals surface area contributed by atoms with E-state index in [2.05, 4.69) is 13.8 Å². The molecule has 0 fully saturated rings. The Kier molecular flexibility index (Phi) is 5.30. The van der Waals surface area contributed by atoms with Gasteiger partial charge in [-0.3, -0.25) is 4.79 Å². The van der Waals surface area contributed by atoms with Crippen LogP contribution in [0.1, 0.15) is 26.3 Å². The molecule has 0 aliphatic rings. The Balaban J connectivity index is 2.81. The van der Waals surface area contributed by atoms with Gasteiger partial charge >= 0.3 is 0 Å². The highest BCUT2D eigenvalue weighted by Gasteiger charge is 2.18. The smallest absolute Gasteiger partial charge is 0.269 e. The molecule has 22 heavy (non-hydrogen) atoms. The average Bonchev–Trinajstić information content (AvgIpc) is 2.42. The molecule has 2 rings (SSSR count). The van der Waals surface area contributed by atoms with Gasteiger partial charge in [0.2, 0.25) is 0 Å². The Morgan fingerprint density at radius 3 is 2.41 bits per heavy atom. The van der Waals surface area contributed by atoms with E-state index in [9.17, 15) is 9.18 Å². The lowest BCUT2D eigenvalue weighted by Gasteiger charge is -2.19. The summed E-state index contributed by atoms with van der Waals surface area (Å²) < 4.78 is 14.9. The number of halogens is 3. The predicted molar refractivity (Wildman–Crippen MR) is 90.3 cm³/mol. The maximum Gasteiger partial charge on any atom is 0.269 e. The van der Waals surface area contributed by atoms with Gasteiger partial charge in [-0.2, -0.15) is 0 Å². The van der Waals surface area contributed by atoms with Crippen molar-refractivity contribution in [2.24, 2.45) is 5.92 Å². The van der Waals surface area contributed by atoms with Crippen LogP contribution in [0.3, 0.4) is 0 Å². The first kappa shape index (κ1) is 17.0. The Hall–Kier alpha value is -1.32. The van der Waals surface area contributed by atoms with Crippen LogP contribution in [0.4, 0.5) is 4.39 Å². The lowest BCUT2D eigenvalue weighted by Crippen LogP contribution is -2.23. The molecule has 0 atom stereocenters. The summed E-state index contributed by atoms with van der Waals surface area (Å²) in [5, 5.41) is 0.480. The van der Waals surface area contributed by atoms with Crippen LogP contribution < -0.4 is 5.56 Å². The van der Waals surface area contributed by atoms with Crippen molar-refractivity contribution >= 4 is 23.2 Å². The summed E-state index contributed by atoms with van der Waals surface area (Å²) in [6.07, 6.45) is 0.753. The largest absolute Gasteiger partial charge is 0.307 e. The third-order valence-electron chi connectivity index (χ3n) is 3.46. The van der Waals surface area contributed by atoms with E-state index in [4.69, 9.17) is 23.2 Å². The third kappa shape index (κ3) is 3.36. The third-order valence-corrected chi connectivity index (χ3v) is 4.04. The molecule has 0 spiro atoms. The normalized spacial score (nSPS) is 11.2. The highest BCUT2D eigenvalue weighted by molar-refractivity contribution is 6.33. The van der Waals surface area contributed by atoms with Gasteiger partial charge in [-0.1, -0.05) is 37.0 Å². The molecule has 0 amide bonds. The Morgan fingerprint density at radius 1 is 1.18 bits per heavy atom. The maximum absolute atomic E-state index is 13.3. The van der Waals surface area contributed by atoms with E-state index in [0.29, 0.717) is 18.0 Å². The zero-order chi connectivity index (χ0) is 16.4. The van der Waals surface area contributed by atoms with E-state index >= 15 is 0 Å². The molecule has 2 nitrogen and oxygen atoms in total. The molecule has 2 aromatic rings. The predicted octanol–water partition coefficient (Wildman–Crippen LogP) is 5.18. The van der Waals surface area contributed by atoms with E-state index in [-0.39, 0.29) is 15.6 Å². The number of rotatable bonds is 4. The summed E-state index contributed by atoms with van der Waals surface area (Å²) in [5.74, 6) is -0.0182. The minimum absolute atomic E-state index is 0.194. The molecule has 118 valence electrons. The Morgan fingerprint density at radius 2 is 1.86 bits per heavy atom. The first-order valence-corrected chi connectivity index (χ1v) is 7.98. The number of benzene rings is 1. The summed E-state index contributed by atoms with van der Waals surface area (Å²) in [5.41, 5.74) is 2.05. The standard InChI is InChI=1S/C17H18Cl2FNO/c1-4-21-16(13-6-5-12(20)9-14(13)18)11(7-10(2)3)8-15(19)17(21)22/h5-6,8-10H,4,7H2,1-3H3. The zero-order valence-corrected chi connectivity index (χ0v) is 14.3. The number of nitrogens with zero attached hydrogens (tertiary/aromatic N) is 1. The van der Waals surface area contributed by atoms with Crippen molar-refractivity contribution in [1.82, 2.24) is 4.57 Å². The molecular weight excluding hydrogens is 324 g/mol. The van der Waals surface area contributed by atoms with Crippen molar-refractivity contribution in [1.29, 1.82) is 0 Å². The summed E-state index contributed by atoms with van der Waals surface area (Å²) in [4.78, 5) is 12.3. The lowest BCUT2D eigenvalue weighted by atomic mass is 9.97. The highest BCUT2D eigenvalue weighted by Crippen LogP contribution is 2.32. The van der Waals surface area contributed by atoms with Crippen LogP contribution in [0.2, 0.25) is 10.0 Å². The second-order valence-corrected chi connectivity index (χ2v) is 6.45. The highest BCUT2D eigenvalue weighted by atomic mass is 35.5. The summed E-state index contributed by atoms with van der Waals surface area (Å²) >= 11 is 12.3. The Labute approximate surface area is 139 Å². The molecule has 5 heteroatoms. The molecule has 1 aromatic heterocycles. The van der Waals surface area contributed by atoms with E-state index in [0.717, 1.165) is 17.7 Å².